The molecule has 5 nitrogen and oxygen atoms in total. The minimum atomic E-state index is -0.672. The number of carboxylic acid groups (broad SMARTS) is 1. The number of likely N-dealkylation sites (tertiary alicyclic amines) is 1. The quantitative estimate of drug-likeness (QED) is 0.841. The zero-order valence-corrected chi connectivity index (χ0v) is 13.2. The number of carbonyl (C=O) groups is 2. The van der Waals surface area contributed by atoms with Gasteiger partial charge in [-0.1, -0.05) is 6.92 Å². The molecule has 5 heteroatoms. The second-order valence-electron chi connectivity index (χ2n) is 6.91. The Labute approximate surface area is 127 Å². The van der Waals surface area contributed by atoms with Gasteiger partial charge in [0.25, 0.3) is 0 Å². The van der Waals surface area contributed by atoms with Gasteiger partial charge in [-0.2, -0.15) is 0 Å². The summed E-state index contributed by atoms with van der Waals surface area (Å²) in [6, 6.07) is 0.367. The molecule has 2 aliphatic rings. The molecule has 1 aliphatic heterocycles. The van der Waals surface area contributed by atoms with Gasteiger partial charge in [0.2, 0.25) is 0 Å². The fraction of sp³-hybridized carbons (Fsp3) is 0.875. The molecule has 2 unspecified atom stereocenters. The van der Waals surface area contributed by atoms with Crippen LogP contribution in [0.4, 0.5) is 4.79 Å². The van der Waals surface area contributed by atoms with E-state index in [2.05, 4.69) is 19.2 Å². The predicted molar refractivity (Wildman–Crippen MR) is 81.0 cm³/mol. The molecule has 2 rings (SSSR count). The summed E-state index contributed by atoms with van der Waals surface area (Å²) in [5, 5.41) is 12.0. The Morgan fingerprint density at radius 3 is 2.38 bits per heavy atom. The first kappa shape index (κ1) is 16.1. The van der Waals surface area contributed by atoms with Crippen LogP contribution in [0.2, 0.25) is 0 Å². The Balaban J connectivity index is 1.71. The number of rotatable bonds is 3. The van der Waals surface area contributed by atoms with Crippen LogP contribution in [0.3, 0.4) is 0 Å². The van der Waals surface area contributed by atoms with Crippen LogP contribution in [0.5, 0.6) is 0 Å². The fourth-order valence-corrected chi connectivity index (χ4v) is 3.66. The van der Waals surface area contributed by atoms with Crippen molar-refractivity contribution < 1.29 is 14.7 Å². The zero-order chi connectivity index (χ0) is 15.4. The van der Waals surface area contributed by atoms with Gasteiger partial charge in [-0.3, -0.25) is 4.79 Å². The van der Waals surface area contributed by atoms with Crippen LogP contribution in [-0.4, -0.2) is 41.1 Å². The van der Waals surface area contributed by atoms with Crippen molar-refractivity contribution in [2.24, 2.45) is 17.8 Å². The van der Waals surface area contributed by atoms with E-state index >= 15 is 0 Å². The lowest BCUT2D eigenvalue weighted by molar-refractivity contribution is -0.143. The summed E-state index contributed by atoms with van der Waals surface area (Å²) in [4.78, 5) is 25.1. The van der Waals surface area contributed by atoms with Gasteiger partial charge < -0.3 is 15.3 Å². The van der Waals surface area contributed by atoms with Crippen molar-refractivity contribution in [3.05, 3.63) is 0 Å². The lowest BCUT2D eigenvalue weighted by Gasteiger charge is -2.37. The number of carbonyl (C=O) groups excluding carboxylic acids is 1. The van der Waals surface area contributed by atoms with Crippen LogP contribution in [0, 0.1) is 17.8 Å². The Bertz CT molecular complexity index is 378. The van der Waals surface area contributed by atoms with Crippen LogP contribution in [0.25, 0.3) is 0 Å². The molecule has 2 amide bonds. The van der Waals surface area contributed by atoms with Crippen LogP contribution in [-0.2, 0) is 4.79 Å². The summed E-state index contributed by atoms with van der Waals surface area (Å²) >= 11 is 0. The number of carboxylic acids is 1. The lowest BCUT2D eigenvalue weighted by Crippen LogP contribution is -2.49. The van der Waals surface area contributed by atoms with Gasteiger partial charge in [0.1, 0.15) is 0 Å². The Morgan fingerprint density at radius 2 is 1.81 bits per heavy atom. The van der Waals surface area contributed by atoms with Gasteiger partial charge in [0.05, 0.1) is 5.92 Å². The third kappa shape index (κ3) is 4.35. The second kappa shape index (κ2) is 7.14. The Kier molecular flexibility index (Phi) is 5.48. The minimum absolute atomic E-state index is 0.0507. The predicted octanol–water partition coefficient (Wildman–Crippen LogP) is 2.71. The van der Waals surface area contributed by atoms with Gasteiger partial charge in [-0.15, -0.1) is 0 Å². The van der Waals surface area contributed by atoms with Crippen molar-refractivity contribution >= 4 is 12.0 Å². The van der Waals surface area contributed by atoms with Gasteiger partial charge in [0, 0.05) is 19.1 Å². The molecule has 0 radical (unpaired) electrons. The Morgan fingerprint density at radius 1 is 1.14 bits per heavy atom. The normalized spacial score (nSPS) is 33.5. The van der Waals surface area contributed by atoms with Gasteiger partial charge >= 0.3 is 12.0 Å². The number of nitrogens with zero attached hydrogens (tertiary/aromatic N) is 1. The number of nitrogens with one attached hydrogen (secondary N) is 1. The van der Waals surface area contributed by atoms with Gasteiger partial charge in [-0.05, 0) is 57.3 Å². The smallest absolute Gasteiger partial charge is 0.317 e. The van der Waals surface area contributed by atoms with Crippen LogP contribution < -0.4 is 5.32 Å². The molecule has 2 fully saturated rings. The molecule has 2 atom stereocenters. The van der Waals surface area contributed by atoms with E-state index in [1.807, 2.05) is 4.90 Å². The average molecular weight is 296 g/mol. The Hall–Kier alpha value is -1.26. The maximum Gasteiger partial charge on any atom is 0.317 e. The summed E-state index contributed by atoms with van der Waals surface area (Å²) in [5.41, 5.74) is 0. The largest absolute Gasteiger partial charge is 0.481 e. The zero-order valence-electron chi connectivity index (χ0n) is 13.2. The number of piperidine rings is 1. The van der Waals surface area contributed by atoms with Gasteiger partial charge in [-0.25, -0.2) is 4.79 Å². The topological polar surface area (TPSA) is 69.6 Å². The van der Waals surface area contributed by atoms with E-state index < -0.39 is 5.97 Å². The molecule has 1 saturated heterocycles. The SMILES string of the molecule is CC1CCN(C(=O)NCC2CCC(C(=O)O)CC2)C(C)C1. The van der Waals surface area contributed by atoms with Crippen molar-refractivity contribution in [3.8, 4) is 0 Å². The molecule has 1 heterocycles. The molecule has 120 valence electrons. The molecule has 1 saturated carbocycles. The number of amides is 2. The van der Waals surface area contributed by atoms with E-state index in [9.17, 15) is 9.59 Å². The molecule has 1 aliphatic carbocycles. The first-order chi connectivity index (χ1) is 9.97. The number of hydrogen-bond acceptors (Lipinski definition) is 2. The first-order valence-electron chi connectivity index (χ1n) is 8.24. The first-order valence-corrected chi connectivity index (χ1v) is 8.24. The molecule has 0 aromatic heterocycles. The van der Waals surface area contributed by atoms with E-state index in [-0.39, 0.29) is 11.9 Å². The van der Waals surface area contributed by atoms with Crippen molar-refractivity contribution in [2.45, 2.75) is 58.4 Å². The average Bonchev–Trinajstić information content (AvgIpc) is 2.45. The molecular weight excluding hydrogens is 268 g/mol. The summed E-state index contributed by atoms with van der Waals surface area (Å²) in [6.07, 6.45) is 5.47. The standard InChI is InChI=1S/C16H28N2O3/c1-11-7-8-18(12(2)9-11)16(21)17-10-13-3-5-14(6-4-13)15(19)20/h11-14H,3-10H2,1-2H3,(H,17,21)(H,19,20). The molecule has 0 aromatic carbocycles. The fourth-order valence-electron chi connectivity index (χ4n) is 3.66. The van der Waals surface area contributed by atoms with Crippen molar-refractivity contribution in [1.82, 2.24) is 10.2 Å². The highest BCUT2D eigenvalue weighted by Gasteiger charge is 2.29. The van der Waals surface area contributed by atoms with E-state index in [4.69, 9.17) is 5.11 Å². The summed E-state index contributed by atoms with van der Waals surface area (Å²) in [5.74, 6) is 0.285. The maximum atomic E-state index is 12.3. The lowest BCUT2D eigenvalue weighted by atomic mass is 9.82. The van der Waals surface area contributed by atoms with Crippen molar-refractivity contribution in [2.75, 3.05) is 13.1 Å². The third-order valence-corrected chi connectivity index (χ3v) is 5.14. The third-order valence-electron chi connectivity index (χ3n) is 5.14. The highest BCUT2D eigenvalue weighted by Crippen LogP contribution is 2.28. The molecule has 0 aromatic rings. The van der Waals surface area contributed by atoms with E-state index in [1.54, 1.807) is 0 Å². The number of urea groups is 1. The van der Waals surface area contributed by atoms with Crippen LogP contribution in [0.15, 0.2) is 0 Å². The maximum absolute atomic E-state index is 12.3. The van der Waals surface area contributed by atoms with Crippen LogP contribution >= 0.6 is 0 Å². The summed E-state index contributed by atoms with van der Waals surface area (Å²) in [7, 11) is 0. The molecule has 0 bridgehead atoms. The monoisotopic (exact) mass is 296 g/mol. The highest BCUT2D eigenvalue weighted by atomic mass is 16.4. The van der Waals surface area contributed by atoms with E-state index in [0.717, 1.165) is 45.1 Å². The van der Waals surface area contributed by atoms with Gasteiger partial charge in [0.15, 0.2) is 0 Å². The highest BCUT2D eigenvalue weighted by molar-refractivity contribution is 5.74. The van der Waals surface area contributed by atoms with E-state index in [0.29, 0.717) is 24.4 Å². The van der Waals surface area contributed by atoms with E-state index in [1.165, 1.54) is 0 Å². The van der Waals surface area contributed by atoms with Crippen LogP contribution in [0.1, 0.15) is 52.4 Å². The second-order valence-corrected chi connectivity index (χ2v) is 6.91. The number of hydrogen-bond donors (Lipinski definition) is 2. The molecule has 21 heavy (non-hydrogen) atoms. The molecule has 2 N–H and O–H groups in total. The molecular formula is C16H28N2O3. The molecule has 0 spiro atoms. The summed E-state index contributed by atoms with van der Waals surface area (Å²) in [6.45, 7) is 5.89. The summed E-state index contributed by atoms with van der Waals surface area (Å²) < 4.78 is 0. The number of aliphatic carboxylic acids is 1. The van der Waals surface area contributed by atoms with Crippen molar-refractivity contribution in [1.29, 1.82) is 0 Å². The van der Waals surface area contributed by atoms with Crippen molar-refractivity contribution in [3.63, 3.8) is 0 Å². The minimum Gasteiger partial charge on any atom is -0.481 e.